The van der Waals surface area contributed by atoms with Crippen LogP contribution in [0.2, 0.25) is 0 Å². The van der Waals surface area contributed by atoms with Crippen molar-refractivity contribution in [1.82, 2.24) is 5.32 Å². The summed E-state index contributed by atoms with van der Waals surface area (Å²) in [5.41, 5.74) is 5.98. The number of nitrogens with one attached hydrogen (secondary N) is 1. The van der Waals surface area contributed by atoms with Crippen LogP contribution in [0.5, 0.6) is 0 Å². The van der Waals surface area contributed by atoms with E-state index in [-0.39, 0.29) is 0 Å². The molecule has 58 valence electrons. The van der Waals surface area contributed by atoms with E-state index in [9.17, 15) is 0 Å². The fraction of sp³-hybridized carbons (Fsp3) is 1.00. The minimum absolute atomic E-state index is 0.494. The Bertz CT molecular complexity index is 120. The van der Waals surface area contributed by atoms with Gasteiger partial charge in [-0.15, -0.1) is 0 Å². The number of rotatable bonds is 0. The molecule has 0 amide bonds. The van der Waals surface area contributed by atoms with Gasteiger partial charge >= 0.3 is 0 Å². The molecule has 2 bridgehead atoms. The third kappa shape index (κ3) is 1.06. The zero-order valence-corrected chi connectivity index (χ0v) is 6.34. The van der Waals surface area contributed by atoms with Crippen LogP contribution in [0.4, 0.5) is 0 Å². The average Bonchev–Trinajstić information content (AvgIpc) is 2.20. The molecule has 0 aromatic carbocycles. The predicted molar refractivity (Wildman–Crippen MR) is 41.7 cm³/mol. The van der Waals surface area contributed by atoms with Gasteiger partial charge in [0.2, 0.25) is 0 Å². The maximum Gasteiger partial charge on any atom is 0.00823 e. The fourth-order valence-electron chi connectivity index (χ4n) is 2.27. The van der Waals surface area contributed by atoms with Crippen molar-refractivity contribution >= 4 is 0 Å². The number of fused-ring (bicyclic) bond motifs is 4. The molecule has 2 heterocycles. The smallest absolute Gasteiger partial charge is 0.00823 e. The summed E-state index contributed by atoms with van der Waals surface area (Å²) >= 11 is 0. The van der Waals surface area contributed by atoms with Crippen LogP contribution in [0, 0.1) is 11.8 Å². The molecule has 0 spiro atoms. The number of hydrogen-bond donors (Lipinski definition) is 2. The molecule has 3 rings (SSSR count). The van der Waals surface area contributed by atoms with Gasteiger partial charge in [-0.25, -0.2) is 0 Å². The Morgan fingerprint density at radius 2 is 2.10 bits per heavy atom. The van der Waals surface area contributed by atoms with Crippen LogP contribution in [0.25, 0.3) is 0 Å². The first-order valence-corrected chi connectivity index (χ1v) is 4.32. The summed E-state index contributed by atoms with van der Waals surface area (Å²) < 4.78 is 0. The maximum absolute atomic E-state index is 5.98. The van der Waals surface area contributed by atoms with Gasteiger partial charge in [0.15, 0.2) is 0 Å². The van der Waals surface area contributed by atoms with E-state index in [2.05, 4.69) is 5.32 Å². The molecule has 3 aliphatic rings. The fourth-order valence-corrected chi connectivity index (χ4v) is 2.27. The molecule has 0 radical (unpaired) electrons. The molecular weight excluding hydrogens is 124 g/mol. The van der Waals surface area contributed by atoms with Crippen molar-refractivity contribution < 1.29 is 0 Å². The van der Waals surface area contributed by atoms with Gasteiger partial charge in [0.25, 0.3) is 0 Å². The lowest BCUT2D eigenvalue weighted by atomic mass is 9.81. The summed E-state index contributed by atoms with van der Waals surface area (Å²) in [7, 11) is 0. The first-order chi connectivity index (χ1) is 4.86. The van der Waals surface area contributed by atoms with Crippen molar-refractivity contribution in [2.45, 2.75) is 25.3 Å². The Morgan fingerprint density at radius 1 is 1.20 bits per heavy atom. The second-order valence-electron chi connectivity index (χ2n) is 3.76. The molecule has 0 aromatic heterocycles. The van der Waals surface area contributed by atoms with Gasteiger partial charge in [-0.05, 0) is 44.2 Å². The third-order valence-corrected chi connectivity index (χ3v) is 3.00. The molecule has 0 unspecified atom stereocenters. The first-order valence-electron chi connectivity index (χ1n) is 4.32. The van der Waals surface area contributed by atoms with Crippen molar-refractivity contribution in [3.63, 3.8) is 0 Å². The third-order valence-electron chi connectivity index (χ3n) is 3.00. The SMILES string of the molecule is N[C@@H]1C[C@H]2CC[C@@H]1CNC2. The zero-order valence-electron chi connectivity index (χ0n) is 6.34. The lowest BCUT2D eigenvalue weighted by Crippen LogP contribution is -2.36. The Balaban J connectivity index is 2.07. The van der Waals surface area contributed by atoms with Crippen LogP contribution in [0.15, 0.2) is 0 Å². The zero-order chi connectivity index (χ0) is 6.97. The van der Waals surface area contributed by atoms with E-state index in [4.69, 9.17) is 5.73 Å². The summed E-state index contributed by atoms with van der Waals surface area (Å²) in [6, 6.07) is 0.494. The predicted octanol–water partition coefficient (Wildman–Crippen LogP) is 0.333. The molecule has 2 heteroatoms. The average molecular weight is 140 g/mol. The van der Waals surface area contributed by atoms with E-state index >= 15 is 0 Å². The van der Waals surface area contributed by atoms with E-state index in [1.807, 2.05) is 0 Å². The van der Waals surface area contributed by atoms with Gasteiger partial charge in [-0.1, -0.05) is 0 Å². The molecule has 2 aliphatic heterocycles. The van der Waals surface area contributed by atoms with E-state index in [1.54, 1.807) is 0 Å². The highest BCUT2D eigenvalue weighted by atomic mass is 14.9. The van der Waals surface area contributed by atoms with Crippen LogP contribution < -0.4 is 11.1 Å². The van der Waals surface area contributed by atoms with Gasteiger partial charge < -0.3 is 11.1 Å². The highest BCUT2D eigenvalue weighted by molar-refractivity contribution is 4.88. The topological polar surface area (TPSA) is 38.0 Å². The Kier molecular flexibility index (Phi) is 1.66. The van der Waals surface area contributed by atoms with Crippen LogP contribution in [0.3, 0.4) is 0 Å². The van der Waals surface area contributed by atoms with Crippen LogP contribution in [0.1, 0.15) is 19.3 Å². The van der Waals surface area contributed by atoms with Crippen molar-refractivity contribution in [3.05, 3.63) is 0 Å². The maximum atomic E-state index is 5.98. The normalized spacial score (nSPS) is 47.1. The standard InChI is InChI=1S/C8H16N2/c9-8-3-6-1-2-7(8)5-10-4-6/h6-8,10H,1-5,9H2/t6-,7-,8-/m1/s1. The molecule has 1 saturated carbocycles. The van der Waals surface area contributed by atoms with Gasteiger partial charge in [-0.3, -0.25) is 0 Å². The largest absolute Gasteiger partial charge is 0.327 e. The summed E-state index contributed by atoms with van der Waals surface area (Å²) in [6.45, 7) is 2.38. The van der Waals surface area contributed by atoms with E-state index < -0.39 is 0 Å². The van der Waals surface area contributed by atoms with Gasteiger partial charge in [0, 0.05) is 6.04 Å². The second kappa shape index (κ2) is 2.51. The molecule has 1 aliphatic carbocycles. The van der Waals surface area contributed by atoms with Crippen LogP contribution >= 0.6 is 0 Å². The Morgan fingerprint density at radius 3 is 2.90 bits per heavy atom. The minimum atomic E-state index is 0.494. The van der Waals surface area contributed by atoms with Gasteiger partial charge in [0.05, 0.1) is 0 Å². The van der Waals surface area contributed by atoms with E-state index in [0.717, 1.165) is 18.4 Å². The van der Waals surface area contributed by atoms with Crippen LogP contribution in [-0.4, -0.2) is 19.1 Å². The highest BCUT2D eigenvalue weighted by Gasteiger charge is 2.30. The van der Waals surface area contributed by atoms with Crippen molar-refractivity contribution in [2.24, 2.45) is 17.6 Å². The quantitative estimate of drug-likeness (QED) is 0.509. The molecule has 2 saturated heterocycles. The van der Waals surface area contributed by atoms with Gasteiger partial charge in [0.1, 0.15) is 0 Å². The Labute approximate surface area is 62.2 Å². The highest BCUT2D eigenvalue weighted by Crippen LogP contribution is 2.29. The van der Waals surface area contributed by atoms with Crippen molar-refractivity contribution in [3.8, 4) is 0 Å². The Hall–Kier alpha value is -0.0800. The number of nitrogens with two attached hydrogens (primary N) is 1. The van der Waals surface area contributed by atoms with Crippen molar-refractivity contribution in [1.29, 1.82) is 0 Å². The molecule has 0 aromatic rings. The summed E-state index contributed by atoms with van der Waals surface area (Å²) in [5.74, 6) is 1.66. The van der Waals surface area contributed by atoms with Gasteiger partial charge in [-0.2, -0.15) is 0 Å². The minimum Gasteiger partial charge on any atom is -0.327 e. The lowest BCUT2D eigenvalue weighted by molar-refractivity contribution is 0.282. The molecule has 3 N–H and O–H groups in total. The molecule has 3 fully saturated rings. The summed E-state index contributed by atoms with van der Waals surface area (Å²) in [6.07, 6.45) is 4.03. The molecule has 3 atom stereocenters. The van der Waals surface area contributed by atoms with Crippen LogP contribution in [-0.2, 0) is 0 Å². The van der Waals surface area contributed by atoms with E-state index in [0.29, 0.717) is 6.04 Å². The van der Waals surface area contributed by atoms with E-state index in [1.165, 1.54) is 25.8 Å². The summed E-state index contributed by atoms with van der Waals surface area (Å²) in [5, 5.41) is 3.46. The summed E-state index contributed by atoms with van der Waals surface area (Å²) in [4.78, 5) is 0. The molecular formula is C8H16N2. The van der Waals surface area contributed by atoms with Crippen molar-refractivity contribution in [2.75, 3.05) is 13.1 Å². The monoisotopic (exact) mass is 140 g/mol. The first kappa shape index (κ1) is 6.62. The second-order valence-corrected chi connectivity index (χ2v) is 3.76. The molecule has 2 nitrogen and oxygen atoms in total. The molecule has 10 heavy (non-hydrogen) atoms. The number of hydrogen-bond acceptors (Lipinski definition) is 2. The lowest BCUT2D eigenvalue weighted by Gasteiger charge is -2.28.